The van der Waals surface area contributed by atoms with Gasteiger partial charge in [0.2, 0.25) is 5.91 Å². The molecule has 1 rings (SSSR count). The van der Waals surface area contributed by atoms with E-state index in [4.69, 9.17) is 0 Å². The highest BCUT2D eigenvalue weighted by molar-refractivity contribution is 5.94. The number of hydrogen-bond acceptors (Lipinski definition) is 2. The molecule has 0 fully saturated rings. The van der Waals surface area contributed by atoms with Crippen LogP contribution in [-0.4, -0.2) is 24.0 Å². The predicted molar refractivity (Wildman–Crippen MR) is 70.8 cm³/mol. The Bertz CT molecular complexity index is 470. The molecule has 0 aliphatic carbocycles. The van der Waals surface area contributed by atoms with Gasteiger partial charge in [-0.1, -0.05) is 25.1 Å². The van der Waals surface area contributed by atoms with Crippen molar-refractivity contribution in [2.45, 2.75) is 32.6 Å². The van der Waals surface area contributed by atoms with E-state index in [1.807, 2.05) is 6.92 Å². The van der Waals surface area contributed by atoms with Crippen LogP contribution >= 0.6 is 0 Å². The van der Waals surface area contributed by atoms with Crippen LogP contribution in [0.15, 0.2) is 24.3 Å². The second-order valence-electron chi connectivity index (χ2n) is 4.59. The highest BCUT2D eigenvalue weighted by atomic mass is 16.4. The van der Waals surface area contributed by atoms with Gasteiger partial charge in [-0.25, -0.2) is 0 Å². The van der Waals surface area contributed by atoms with Crippen molar-refractivity contribution in [3.05, 3.63) is 29.8 Å². The molecule has 0 aromatic heterocycles. The first-order chi connectivity index (χ1) is 8.34. The molecular weight excluding hydrogens is 230 g/mol. The van der Waals surface area contributed by atoms with Crippen LogP contribution < -0.4 is 4.90 Å². The molecule has 0 heterocycles. The maximum atomic E-state index is 11.5. The minimum atomic E-state index is -0.986. The maximum absolute atomic E-state index is 11.5. The summed E-state index contributed by atoms with van der Waals surface area (Å²) in [5.74, 6) is -0.999. The fourth-order valence-corrected chi connectivity index (χ4v) is 1.86. The molecule has 1 atom stereocenters. The highest BCUT2D eigenvalue weighted by Gasteiger charge is 2.36. The molecule has 0 radical (unpaired) electrons. The Morgan fingerprint density at radius 2 is 1.89 bits per heavy atom. The third-order valence-corrected chi connectivity index (χ3v) is 3.51. The number of para-hydroxylation sites is 1. The van der Waals surface area contributed by atoms with Gasteiger partial charge in [0.1, 0.15) is 0 Å². The minimum absolute atomic E-state index is 0.119. The quantitative estimate of drug-likeness (QED) is 0.891. The molecule has 1 aromatic rings. The van der Waals surface area contributed by atoms with Gasteiger partial charge in [-0.15, -0.1) is 0 Å². The second kappa shape index (κ2) is 5.21. The van der Waals surface area contributed by atoms with Gasteiger partial charge in [-0.05, 0) is 25.0 Å². The number of amides is 1. The standard InChI is InChI=1S/C14H19NO3/c1-5-14(3,13(17)18)11-8-6-7-9-12(11)15(4)10(2)16/h6-9H,5H2,1-4H3,(H,17,18)/t14-/m0/s1. The largest absolute Gasteiger partial charge is 0.481 e. The number of carboxylic acid groups (broad SMARTS) is 1. The van der Waals surface area contributed by atoms with E-state index < -0.39 is 11.4 Å². The lowest BCUT2D eigenvalue weighted by Crippen LogP contribution is -2.35. The molecule has 0 saturated carbocycles. The summed E-state index contributed by atoms with van der Waals surface area (Å²) in [5, 5.41) is 9.43. The van der Waals surface area contributed by atoms with Crippen LogP contribution in [-0.2, 0) is 15.0 Å². The normalized spacial score (nSPS) is 13.8. The fourth-order valence-electron chi connectivity index (χ4n) is 1.86. The number of aliphatic carboxylic acids is 1. The summed E-state index contributed by atoms with van der Waals surface area (Å²) in [5.41, 5.74) is 0.328. The molecule has 1 N–H and O–H groups in total. The molecule has 0 bridgehead atoms. The second-order valence-corrected chi connectivity index (χ2v) is 4.59. The summed E-state index contributed by atoms with van der Waals surface area (Å²) in [7, 11) is 1.65. The summed E-state index contributed by atoms with van der Waals surface area (Å²) in [6, 6.07) is 7.14. The molecule has 4 heteroatoms. The number of benzene rings is 1. The van der Waals surface area contributed by atoms with Gasteiger partial charge >= 0.3 is 5.97 Å². The first-order valence-corrected chi connectivity index (χ1v) is 5.91. The van der Waals surface area contributed by atoms with Gasteiger partial charge in [-0.2, -0.15) is 0 Å². The van der Waals surface area contributed by atoms with Crippen molar-refractivity contribution in [3.63, 3.8) is 0 Å². The molecule has 0 aliphatic rings. The van der Waals surface area contributed by atoms with E-state index in [0.29, 0.717) is 17.7 Å². The summed E-state index contributed by atoms with van der Waals surface area (Å²) in [6.07, 6.45) is 0.463. The number of anilines is 1. The molecule has 0 saturated heterocycles. The Hall–Kier alpha value is -1.84. The van der Waals surface area contributed by atoms with Crippen LogP contribution in [0.2, 0.25) is 0 Å². The van der Waals surface area contributed by atoms with E-state index in [9.17, 15) is 14.7 Å². The lowest BCUT2D eigenvalue weighted by atomic mass is 9.79. The monoisotopic (exact) mass is 249 g/mol. The lowest BCUT2D eigenvalue weighted by Gasteiger charge is -2.29. The zero-order valence-corrected chi connectivity index (χ0v) is 11.2. The molecule has 0 aliphatic heterocycles. The smallest absolute Gasteiger partial charge is 0.313 e. The molecule has 1 aromatic carbocycles. The predicted octanol–water partition coefficient (Wildman–Crippen LogP) is 2.42. The van der Waals surface area contributed by atoms with Crippen molar-refractivity contribution in [3.8, 4) is 0 Å². The average molecular weight is 249 g/mol. The summed E-state index contributed by atoms with van der Waals surface area (Å²) in [6.45, 7) is 4.97. The lowest BCUT2D eigenvalue weighted by molar-refractivity contribution is -0.143. The zero-order valence-electron chi connectivity index (χ0n) is 11.2. The van der Waals surface area contributed by atoms with Crippen molar-refractivity contribution in [2.75, 3.05) is 11.9 Å². The van der Waals surface area contributed by atoms with Crippen molar-refractivity contribution in [1.82, 2.24) is 0 Å². The number of carbonyl (C=O) groups excluding carboxylic acids is 1. The van der Waals surface area contributed by atoms with Crippen LogP contribution in [0, 0.1) is 0 Å². The molecule has 18 heavy (non-hydrogen) atoms. The Kier molecular flexibility index (Phi) is 4.11. The third kappa shape index (κ3) is 2.37. The van der Waals surface area contributed by atoms with E-state index in [2.05, 4.69) is 0 Å². The minimum Gasteiger partial charge on any atom is -0.481 e. The number of rotatable bonds is 4. The molecular formula is C14H19NO3. The van der Waals surface area contributed by atoms with Gasteiger partial charge in [-0.3, -0.25) is 9.59 Å². The highest BCUT2D eigenvalue weighted by Crippen LogP contribution is 2.34. The van der Waals surface area contributed by atoms with Crippen LogP contribution in [0.5, 0.6) is 0 Å². The van der Waals surface area contributed by atoms with Crippen molar-refractivity contribution >= 4 is 17.6 Å². The van der Waals surface area contributed by atoms with Crippen molar-refractivity contribution < 1.29 is 14.7 Å². The summed E-state index contributed by atoms with van der Waals surface area (Å²) < 4.78 is 0. The Morgan fingerprint density at radius 3 is 2.33 bits per heavy atom. The van der Waals surface area contributed by atoms with Crippen LogP contribution in [0.25, 0.3) is 0 Å². The van der Waals surface area contributed by atoms with Gasteiger partial charge in [0.15, 0.2) is 0 Å². The average Bonchev–Trinajstić information content (AvgIpc) is 2.36. The first kappa shape index (κ1) is 14.2. The zero-order chi connectivity index (χ0) is 13.9. The molecule has 0 unspecified atom stereocenters. The van der Waals surface area contributed by atoms with E-state index in [1.54, 1.807) is 38.2 Å². The number of carbonyl (C=O) groups is 2. The van der Waals surface area contributed by atoms with Gasteiger partial charge in [0.25, 0.3) is 0 Å². The van der Waals surface area contributed by atoms with Crippen molar-refractivity contribution in [2.24, 2.45) is 0 Å². The van der Waals surface area contributed by atoms with Crippen LogP contribution in [0.4, 0.5) is 5.69 Å². The Balaban J connectivity index is 3.41. The van der Waals surface area contributed by atoms with E-state index in [1.165, 1.54) is 11.8 Å². The van der Waals surface area contributed by atoms with Crippen molar-refractivity contribution in [1.29, 1.82) is 0 Å². The summed E-state index contributed by atoms with van der Waals surface area (Å²) in [4.78, 5) is 24.4. The number of hydrogen-bond donors (Lipinski definition) is 1. The molecule has 98 valence electrons. The summed E-state index contributed by atoms with van der Waals surface area (Å²) >= 11 is 0. The third-order valence-electron chi connectivity index (χ3n) is 3.51. The van der Waals surface area contributed by atoms with Crippen LogP contribution in [0.1, 0.15) is 32.8 Å². The van der Waals surface area contributed by atoms with Gasteiger partial charge < -0.3 is 10.0 Å². The Morgan fingerprint density at radius 1 is 1.33 bits per heavy atom. The fraction of sp³-hybridized carbons (Fsp3) is 0.429. The molecule has 0 spiro atoms. The van der Waals surface area contributed by atoms with E-state index in [0.717, 1.165) is 0 Å². The van der Waals surface area contributed by atoms with Gasteiger partial charge in [0, 0.05) is 19.7 Å². The Labute approximate surface area is 107 Å². The first-order valence-electron chi connectivity index (χ1n) is 5.91. The van der Waals surface area contributed by atoms with Gasteiger partial charge in [0.05, 0.1) is 5.41 Å². The number of nitrogens with zero attached hydrogens (tertiary/aromatic N) is 1. The maximum Gasteiger partial charge on any atom is 0.313 e. The number of carboxylic acids is 1. The molecule has 4 nitrogen and oxygen atoms in total. The van der Waals surface area contributed by atoms with E-state index >= 15 is 0 Å². The SMILES string of the molecule is CC[C@](C)(C(=O)O)c1ccccc1N(C)C(C)=O. The van der Waals surface area contributed by atoms with Crippen LogP contribution in [0.3, 0.4) is 0 Å². The topological polar surface area (TPSA) is 57.6 Å². The van der Waals surface area contributed by atoms with E-state index in [-0.39, 0.29) is 5.91 Å². The molecule has 1 amide bonds.